The van der Waals surface area contributed by atoms with Crippen LogP contribution in [0.4, 0.5) is 5.82 Å². The summed E-state index contributed by atoms with van der Waals surface area (Å²) in [5.74, 6) is 1.63. The zero-order valence-corrected chi connectivity index (χ0v) is 21.7. The molecule has 0 radical (unpaired) electrons. The highest BCUT2D eigenvalue weighted by Crippen LogP contribution is 2.29. The number of rotatable bonds is 6. The van der Waals surface area contributed by atoms with Gasteiger partial charge in [0.15, 0.2) is 5.82 Å². The zero-order valence-electron chi connectivity index (χ0n) is 21.7. The van der Waals surface area contributed by atoms with Gasteiger partial charge in [0.2, 0.25) is 5.91 Å². The lowest BCUT2D eigenvalue weighted by Gasteiger charge is -2.32. The van der Waals surface area contributed by atoms with Gasteiger partial charge in [-0.3, -0.25) is 4.79 Å². The fraction of sp³-hybridized carbons (Fsp3) is 0.367. The summed E-state index contributed by atoms with van der Waals surface area (Å²) in [5.41, 5.74) is 8.06. The molecule has 1 amide bonds. The molecule has 2 aromatic carbocycles. The number of nitrogens with one attached hydrogen (secondary N) is 1. The maximum Gasteiger partial charge on any atom is 0.223 e. The molecule has 6 heteroatoms. The molecule has 0 bridgehead atoms. The average molecular weight is 482 g/mol. The van der Waals surface area contributed by atoms with Crippen LogP contribution in [0.2, 0.25) is 0 Å². The van der Waals surface area contributed by atoms with Crippen LogP contribution in [0.3, 0.4) is 0 Å². The normalized spacial score (nSPS) is 14.5. The standard InChI is InChI=1S/C30H35N5O/c1-20(2)24-9-6-23(7-10-24)19-32-30(36)25-11-14-34(15-12-25)29-28-18-27(33-35(28)16-13-31-29)26-8-5-21(3)22(4)17-26/h5-10,13,16-18,20,25H,11-12,14-15,19H2,1-4H3,(H,32,36). The predicted molar refractivity (Wildman–Crippen MR) is 145 cm³/mol. The number of aromatic nitrogens is 3. The molecule has 3 heterocycles. The molecule has 1 aliphatic rings. The van der Waals surface area contributed by atoms with Gasteiger partial charge in [-0.2, -0.15) is 5.10 Å². The summed E-state index contributed by atoms with van der Waals surface area (Å²) in [6.07, 6.45) is 5.35. The number of carbonyl (C=O) groups is 1. The van der Waals surface area contributed by atoms with Gasteiger partial charge in [-0.1, -0.05) is 50.2 Å². The Morgan fingerprint density at radius 1 is 1.03 bits per heavy atom. The Morgan fingerprint density at radius 3 is 2.47 bits per heavy atom. The van der Waals surface area contributed by atoms with Gasteiger partial charge in [-0.25, -0.2) is 9.50 Å². The lowest BCUT2D eigenvalue weighted by Crippen LogP contribution is -2.40. The Labute approximate surface area is 213 Å². The van der Waals surface area contributed by atoms with E-state index < -0.39 is 0 Å². The number of amides is 1. The highest BCUT2D eigenvalue weighted by molar-refractivity contribution is 5.80. The van der Waals surface area contributed by atoms with Crippen LogP contribution in [0.5, 0.6) is 0 Å². The van der Waals surface area contributed by atoms with Crippen molar-refractivity contribution in [3.05, 3.63) is 83.2 Å². The van der Waals surface area contributed by atoms with Crippen LogP contribution in [0.1, 0.15) is 54.9 Å². The monoisotopic (exact) mass is 481 g/mol. The lowest BCUT2D eigenvalue weighted by molar-refractivity contribution is -0.125. The van der Waals surface area contributed by atoms with Crippen LogP contribution < -0.4 is 10.2 Å². The minimum atomic E-state index is 0.0342. The van der Waals surface area contributed by atoms with Crippen LogP contribution in [0.25, 0.3) is 16.8 Å². The molecule has 0 atom stereocenters. The van der Waals surface area contributed by atoms with E-state index in [1.165, 1.54) is 16.7 Å². The van der Waals surface area contributed by atoms with Crippen molar-refractivity contribution in [1.82, 2.24) is 19.9 Å². The van der Waals surface area contributed by atoms with Crippen molar-refractivity contribution in [1.29, 1.82) is 0 Å². The van der Waals surface area contributed by atoms with E-state index >= 15 is 0 Å². The topological polar surface area (TPSA) is 62.5 Å². The van der Waals surface area contributed by atoms with Crippen molar-refractivity contribution in [2.75, 3.05) is 18.0 Å². The first-order chi connectivity index (χ1) is 17.4. The first-order valence-electron chi connectivity index (χ1n) is 12.9. The number of benzene rings is 2. The van der Waals surface area contributed by atoms with Gasteiger partial charge in [0.05, 0.1) is 5.69 Å². The van der Waals surface area contributed by atoms with Crippen molar-refractivity contribution in [2.45, 2.75) is 53.0 Å². The third kappa shape index (κ3) is 4.99. The smallest absolute Gasteiger partial charge is 0.223 e. The molecule has 5 rings (SSSR count). The van der Waals surface area contributed by atoms with Gasteiger partial charge in [-0.15, -0.1) is 0 Å². The van der Waals surface area contributed by atoms with Gasteiger partial charge >= 0.3 is 0 Å². The van der Waals surface area contributed by atoms with E-state index in [4.69, 9.17) is 10.1 Å². The largest absolute Gasteiger partial charge is 0.355 e. The number of piperidine rings is 1. The third-order valence-electron chi connectivity index (χ3n) is 7.45. The SMILES string of the molecule is Cc1ccc(-c2cc3c(N4CCC(C(=O)NCc5ccc(C(C)C)cc5)CC4)nccn3n2)cc1C. The molecule has 186 valence electrons. The molecule has 0 unspecified atom stereocenters. The first-order valence-corrected chi connectivity index (χ1v) is 12.9. The zero-order chi connectivity index (χ0) is 25.2. The molecule has 1 saturated heterocycles. The number of nitrogens with zero attached hydrogens (tertiary/aromatic N) is 4. The molecule has 1 fully saturated rings. The van der Waals surface area contributed by atoms with E-state index in [2.05, 4.69) is 86.4 Å². The molecular formula is C30H35N5O. The highest BCUT2D eigenvalue weighted by Gasteiger charge is 2.26. The van der Waals surface area contributed by atoms with Gasteiger partial charge in [0, 0.05) is 43.5 Å². The Bertz CT molecular complexity index is 1360. The number of fused-ring (bicyclic) bond motifs is 1. The molecule has 36 heavy (non-hydrogen) atoms. The highest BCUT2D eigenvalue weighted by atomic mass is 16.1. The lowest BCUT2D eigenvalue weighted by atomic mass is 9.95. The van der Waals surface area contributed by atoms with Crippen molar-refractivity contribution in [2.24, 2.45) is 5.92 Å². The second-order valence-corrected chi connectivity index (χ2v) is 10.3. The molecule has 1 aliphatic heterocycles. The Kier molecular flexibility index (Phi) is 6.77. The van der Waals surface area contributed by atoms with Crippen molar-refractivity contribution in [3.63, 3.8) is 0 Å². The first kappa shape index (κ1) is 24.0. The summed E-state index contributed by atoms with van der Waals surface area (Å²) in [6.45, 7) is 10.8. The fourth-order valence-corrected chi connectivity index (χ4v) is 4.90. The number of carbonyl (C=O) groups excluding carboxylic acids is 1. The van der Waals surface area contributed by atoms with Crippen LogP contribution in [-0.4, -0.2) is 33.6 Å². The van der Waals surface area contributed by atoms with E-state index in [0.717, 1.165) is 54.1 Å². The van der Waals surface area contributed by atoms with E-state index in [9.17, 15) is 4.79 Å². The van der Waals surface area contributed by atoms with Crippen molar-refractivity contribution < 1.29 is 4.79 Å². The molecule has 6 nitrogen and oxygen atoms in total. The summed E-state index contributed by atoms with van der Waals surface area (Å²) >= 11 is 0. The third-order valence-corrected chi connectivity index (χ3v) is 7.45. The van der Waals surface area contributed by atoms with Gasteiger partial charge < -0.3 is 10.2 Å². The molecule has 2 aromatic heterocycles. The fourth-order valence-electron chi connectivity index (χ4n) is 4.90. The van der Waals surface area contributed by atoms with Crippen molar-refractivity contribution in [3.8, 4) is 11.3 Å². The minimum absolute atomic E-state index is 0.0342. The molecule has 1 N–H and O–H groups in total. The van der Waals surface area contributed by atoms with Gasteiger partial charge in [-0.05, 0) is 67.0 Å². The maximum absolute atomic E-state index is 12.9. The van der Waals surface area contributed by atoms with E-state index in [0.29, 0.717) is 12.5 Å². The number of hydrogen-bond donors (Lipinski definition) is 1. The van der Waals surface area contributed by atoms with Crippen LogP contribution in [0.15, 0.2) is 60.9 Å². The van der Waals surface area contributed by atoms with E-state index in [-0.39, 0.29) is 11.8 Å². The summed E-state index contributed by atoms with van der Waals surface area (Å²) in [7, 11) is 0. The molecule has 0 spiro atoms. The van der Waals surface area contributed by atoms with E-state index in [1.807, 2.05) is 16.9 Å². The minimum Gasteiger partial charge on any atom is -0.355 e. The number of hydrogen-bond acceptors (Lipinski definition) is 4. The summed E-state index contributed by atoms with van der Waals surface area (Å²) in [6, 6.07) is 17.1. The average Bonchev–Trinajstić information content (AvgIpc) is 3.34. The molecule has 4 aromatic rings. The Hall–Kier alpha value is -3.67. The van der Waals surface area contributed by atoms with Crippen molar-refractivity contribution >= 4 is 17.2 Å². The molecule has 0 saturated carbocycles. The van der Waals surface area contributed by atoms with Crippen LogP contribution >= 0.6 is 0 Å². The Balaban J connectivity index is 1.23. The second kappa shape index (κ2) is 10.1. The Morgan fingerprint density at radius 2 is 1.78 bits per heavy atom. The molecular weight excluding hydrogens is 446 g/mol. The summed E-state index contributed by atoms with van der Waals surface area (Å²) in [4.78, 5) is 19.8. The maximum atomic E-state index is 12.9. The second-order valence-electron chi connectivity index (χ2n) is 10.3. The number of aryl methyl sites for hydroxylation is 2. The van der Waals surface area contributed by atoms with Crippen LogP contribution in [-0.2, 0) is 11.3 Å². The van der Waals surface area contributed by atoms with E-state index in [1.54, 1.807) is 0 Å². The quantitative estimate of drug-likeness (QED) is 0.385. The van der Waals surface area contributed by atoms with Gasteiger partial charge in [0.1, 0.15) is 5.52 Å². The predicted octanol–water partition coefficient (Wildman–Crippen LogP) is 5.67. The van der Waals surface area contributed by atoms with Gasteiger partial charge in [0.25, 0.3) is 0 Å². The summed E-state index contributed by atoms with van der Waals surface area (Å²) in [5, 5.41) is 7.95. The molecule has 0 aliphatic carbocycles. The summed E-state index contributed by atoms with van der Waals surface area (Å²) < 4.78 is 1.91. The van der Waals surface area contributed by atoms with Crippen LogP contribution in [0, 0.1) is 19.8 Å². The number of anilines is 1.